The highest BCUT2D eigenvalue weighted by molar-refractivity contribution is 5.23. The number of aromatic nitrogens is 3. The van der Waals surface area contributed by atoms with E-state index in [0.29, 0.717) is 11.4 Å². The second-order valence-electron chi connectivity index (χ2n) is 4.07. The Balaban J connectivity index is 2.11. The molecule has 0 fully saturated rings. The maximum Gasteiger partial charge on any atom is 0.433 e. The quantitative estimate of drug-likeness (QED) is 0.933. The third-order valence-electron chi connectivity index (χ3n) is 2.64. The van der Waals surface area contributed by atoms with Crippen molar-refractivity contribution in [1.82, 2.24) is 14.8 Å². The summed E-state index contributed by atoms with van der Waals surface area (Å²) in [5, 5.41) is 12.4. The Morgan fingerprint density at radius 2 is 2.05 bits per heavy atom. The number of rotatable bonds is 4. The first-order valence-electron chi connectivity index (χ1n) is 5.68. The van der Waals surface area contributed by atoms with Gasteiger partial charge in [-0.25, -0.2) is 0 Å². The highest BCUT2D eigenvalue weighted by Gasteiger charge is 2.37. The Hall–Kier alpha value is -2.09. The number of halogens is 3. The first-order valence-corrected chi connectivity index (χ1v) is 5.68. The summed E-state index contributed by atoms with van der Waals surface area (Å²) < 4.78 is 44.4. The average Bonchev–Trinajstić information content (AvgIpc) is 2.78. The third-order valence-corrected chi connectivity index (χ3v) is 2.64. The van der Waals surface area contributed by atoms with Crippen LogP contribution in [0.2, 0.25) is 0 Å². The van der Waals surface area contributed by atoms with Gasteiger partial charge < -0.3 is 9.84 Å². The van der Waals surface area contributed by atoms with Gasteiger partial charge in [-0.2, -0.15) is 18.3 Å². The van der Waals surface area contributed by atoms with Gasteiger partial charge in [0.05, 0.1) is 24.7 Å². The standard InChI is InChI=1S/C12H12F3N3O2/c1-18-11(12(13,14)15)8(4-17-18)7-20-10-3-2-9(6-19)16-5-10/h2-5,19H,6-7H2,1H3. The number of alkyl halides is 3. The lowest BCUT2D eigenvalue weighted by molar-refractivity contribution is -0.144. The molecule has 0 aliphatic rings. The van der Waals surface area contributed by atoms with E-state index in [-0.39, 0.29) is 18.8 Å². The Morgan fingerprint density at radius 3 is 2.60 bits per heavy atom. The highest BCUT2D eigenvalue weighted by Crippen LogP contribution is 2.31. The van der Waals surface area contributed by atoms with Crippen molar-refractivity contribution in [3.05, 3.63) is 41.5 Å². The zero-order valence-corrected chi connectivity index (χ0v) is 10.6. The molecule has 0 radical (unpaired) electrons. The van der Waals surface area contributed by atoms with Crippen molar-refractivity contribution >= 4 is 0 Å². The van der Waals surface area contributed by atoms with Gasteiger partial charge in [-0.15, -0.1) is 0 Å². The number of nitrogens with zero attached hydrogens (tertiary/aromatic N) is 3. The van der Waals surface area contributed by atoms with E-state index in [0.717, 1.165) is 10.9 Å². The molecule has 0 aliphatic heterocycles. The molecule has 108 valence electrons. The summed E-state index contributed by atoms with van der Waals surface area (Å²) in [5.74, 6) is 0.319. The van der Waals surface area contributed by atoms with Crippen LogP contribution in [0.1, 0.15) is 17.0 Å². The first kappa shape index (κ1) is 14.3. The molecule has 0 aromatic carbocycles. The molecule has 0 saturated carbocycles. The van der Waals surface area contributed by atoms with Crippen LogP contribution in [0.3, 0.4) is 0 Å². The van der Waals surface area contributed by atoms with Gasteiger partial charge in [-0.3, -0.25) is 9.67 Å². The topological polar surface area (TPSA) is 60.2 Å². The van der Waals surface area contributed by atoms with E-state index in [9.17, 15) is 13.2 Å². The molecular formula is C12H12F3N3O2. The van der Waals surface area contributed by atoms with Gasteiger partial charge in [0.1, 0.15) is 18.1 Å². The Labute approximate surface area is 112 Å². The molecule has 2 heterocycles. The summed E-state index contributed by atoms with van der Waals surface area (Å²) in [6.45, 7) is -0.468. The summed E-state index contributed by atoms with van der Waals surface area (Å²) in [4.78, 5) is 3.87. The minimum absolute atomic E-state index is 0.0498. The fourth-order valence-electron chi connectivity index (χ4n) is 1.71. The molecule has 0 amide bonds. The Kier molecular flexibility index (Phi) is 3.93. The smallest absolute Gasteiger partial charge is 0.433 e. The molecule has 0 unspecified atom stereocenters. The van der Waals surface area contributed by atoms with E-state index in [1.165, 1.54) is 25.4 Å². The van der Waals surface area contributed by atoms with Crippen molar-refractivity contribution in [1.29, 1.82) is 0 Å². The maximum absolute atomic E-state index is 12.8. The van der Waals surface area contributed by atoms with Crippen LogP contribution in [0.5, 0.6) is 5.75 Å². The van der Waals surface area contributed by atoms with E-state index in [2.05, 4.69) is 10.1 Å². The summed E-state index contributed by atoms with van der Waals surface area (Å²) in [7, 11) is 1.23. The molecule has 2 aromatic heterocycles. The fourth-order valence-corrected chi connectivity index (χ4v) is 1.71. The van der Waals surface area contributed by atoms with E-state index in [1.54, 1.807) is 0 Å². The number of ether oxygens (including phenoxy) is 1. The van der Waals surface area contributed by atoms with Crippen molar-refractivity contribution in [2.75, 3.05) is 0 Å². The molecule has 0 spiro atoms. The number of hydrogen-bond donors (Lipinski definition) is 1. The molecule has 0 aliphatic carbocycles. The molecule has 0 bridgehead atoms. The second-order valence-corrected chi connectivity index (χ2v) is 4.07. The van der Waals surface area contributed by atoms with Gasteiger partial charge in [0.25, 0.3) is 0 Å². The summed E-state index contributed by atoms with van der Waals surface area (Å²) in [6.07, 6.45) is -2.02. The number of hydrogen-bond acceptors (Lipinski definition) is 4. The molecule has 2 rings (SSSR count). The minimum Gasteiger partial charge on any atom is -0.487 e. The predicted octanol–water partition coefficient (Wildman–Crippen LogP) is 1.91. The number of aryl methyl sites for hydroxylation is 1. The van der Waals surface area contributed by atoms with Crippen LogP contribution in [-0.4, -0.2) is 19.9 Å². The summed E-state index contributed by atoms with van der Waals surface area (Å²) >= 11 is 0. The maximum atomic E-state index is 12.8. The van der Waals surface area contributed by atoms with Crippen LogP contribution in [0.25, 0.3) is 0 Å². The number of aliphatic hydroxyl groups is 1. The summed E-state index contributed by atoms with van der Waals surface area (Å²) in [5.41, 5.74) is -0.432. The van der Waals surface area contributed by atoms with E-state index < -0.39 is 11.9 Å². The molecular weight excluding hydrogens is 275 g/mol. The van der Waals surface area contributed by atoms with Gasteiger partial charge >= 0.3 is 6.18 Å². The van der Waals surface area contributed by atoms with Gasteiger partial charge in [-0.1, -0.05) is 0 Å². The molecule has 1 N–H and O–H groups in total. The van der Waals surface area contributed by atoms with Crippen molar-refractivity contribution < 1.29 is 23.0 Å². The van der Waals surface area contributed by atoms with Crippen LogP contribution >= 0.6 is 0 Å². The van der Waals surface area contributed by atoms with Gasteiger partial charge in [0.15, 0.2) is 0 Å². The normalized spacial score (nSPS) is 11.7. The molecule has 5 nitrogen and oxygen atoms in total. The van der Waals surface area contributed by atoms with Crippen LogP contribution in [-0.2, 0) is 26.4 Å². The molecule has 8 heteroatoms. The van der Waals surface area contributed by atoms with Gasteiger partial charge in [0.2, 0.25) is 0 Å². The van der Waals surface area contributed by atoms with Crippen LogP contribution in [0, 0.1) is 0 Å². The minimum atomic E-state index is -4.48. The van der Waals surface area contributed by atoms with E-state index in [1.807, 2.05) is 0 Å². The average molecular weight is 287 g/mol. The highest BCUT2D eigenvalue weighted by atomic mass is 19.4. The zero-order chi connectivity index (χ0) is 14.8. The van der Waals surface area contributed by atoms with Gasteiger partial charge in [-0.05, 0) is 12.1 Å². The SMILES string of the molecule is Cn1ncc(COc2ccc(CO)nc2)c1C(F)(F)F. The van der Waals surface area contributed by atoms with Crippen LogP contribution in [0.15, 0.2) is 24.5 Å². The molecule has 20 heavy (non-hydrogen) atoms. The molecule has 2 aromatic rings. The van der Waals surface area contributed by atoms with Gasteiger partial charge in [0, 0.05) is 12.6 Å². The lowest BCUT2D eigenvalue weighted by Crippen LogP contribution is -2.15. The van der Waals surface area contributed by atoms with Crippen molar-refractivity contribution in [3.63, 3.8) is 0 Å². The monoisotopic (exact) mass is 287 g/mol. The number of aliphatic hydroxyl groups excluding tert-OH is 1. The number of pyridine rings is 1. The first-order chi connectivity index (χ1) is 9.41. The lowest BCUT2D eigenvalue weighted by Gasteiger charge is -2.10. The van der Waals surface area contributed by atoms with Crippen LogP contribution in [0.4, 0.5) is 13.2 Å². The Bertz CT molecular complexity index is 579. The lowest BCUT2D eigenvalue weighted by atomic mass is 10.2. The van der Waals surface area contributed by atoms with Crippen molar-refractivity contribution in [2.45, 2.75) is 19.4 Å². The Morgan fingerprint density at radius 1 is 1.30 bits per heavy atom. The van der Waals surface area contributed by atoms with Crippen molar-refractivity contribution in [2.24, 2.45) is 7.05 Å². The summed E-state index contributed by atoms with van der Waals surface area (Å²) in [6, 6.07) is 3.06. The molecule has 0 saturated heterocycles. The zero-order valence-electron chi connectivity index (χ0n) is 10.6. The third kappa shape index (κ3) is 3.08. The second kappa shape index (κ2) is 5.49. The van der Waals surface area contributed by atoms with Crippen molar-refractivity contribution in [3.8, 4) is 5.75 Å². The molecule has 0 atom stereocenters. The predicted molar refractivity (Wildman–Crippen MR) is 62.7 cm³/mol. The van der Waals surface area contributed by atoms with E-state index >= 15 is 0 Å². The van der Waals surface area contributed by atoms with Crippen LogP contribution < -0.4 is 4.74 Å². The van der Waals surface area contributed by atoms with E-state index in [4.69, 9.17) is 9.84 Å². The largest absolute Gasteiger partial charge is 0.487 e. The fraction of sp³-hybridized carbons (Fsp3) is 0.333.